The minimum absolute atomic E-state index is 0.726. The topological polar surface area (TPSA) is 18.5 Å². The Bertz CT molecular complexity index is 208. The molecule has 1 rings (SSSR count). The number of hydrogen-bond donors (Lipinski definition) is 1. The Balaban J connectivity index is 2.16. The van der Waals surface area contributed by atoms with Crippen LogP contribution in [0, 0.1) is 0 Å². The van der Waals surface area contributed by atoms with Crippen molar-refractivity contribution in [3.05, 3.63) is 0 Å². The predicted octanol–water partition coefficient (Wildman–Crippen LogP) is 2.18. The molecule has 1 aliphatic heterocycles. The molecule has 1 heterocycles. The first-order valence-electron chi connectivity index (χ1n) is 7.90. The summed E-state index contributed by atoms with van der Waals surface area (Å²) in [5.41, 5.74) is 0. The smallest absolute Gasteiger partial charge is 0.0195 e. The van der Waals surface area contributed by atoms with Gasteiger partial charge in [-0.2, -0.15) is 0 Å². The minimum atomic E-state index is 0.726. The molecule has 0 aromatic heterocycles. The van der Waals surface area contributed by atoms with Crippen LogP contribution in [0.15, 0.2) is 0 Å². The molecule has 1 aliphatic rings. The average molecular weight is 255 g/mol. The lowest BCUT2D eigenvalue weighted by Crippen LogP contribution is -2.51. The van der Waals surface area contributed by atoms with Crippen LogP contribution < -0.4 is 5.32 Å². The van der Waals surface area contributed by atoms with E-state index in [1.165, 1.54) is 52.0 Å². The van der Waals surface area contributed by atoms with E-state index in [1.54, 1.807) is 0 Å². The highest BCUT2D eigenvalue weighted by atomic mass is 15.3. The van der Waals surface area contributed by atoms with Gasteiger partial charge < -0.3 is 10.2 Å². The van der Waals surface area contributed by atoms with Crippen LogP contribution >= 0.6 is 0 Å². The maximum atomic E-state index is 3.57. The van der Waals surface area contributed by atoms with Crippen molar-refractivity contribution in [3.8, 4) is 0 Å². The molecule has 0 spiro atoms. The Morgan fingerprint density at radius 2 is 2.00 bits per heavy atom. The standard InChI is InChI=1S/C15H33N3/c1-5-15(16-6-2)9-8-10-17-11-12-18(7-3)14(4)13-17/h14-16H,5-13H2,1-4H3. The molecule has 0 saturated carbocycles. The van der Waals surface area contributed by atoms with Crippen molar-refractivity contribution in [2.24, 2.45) is 0 Å². The van der Waals surface area contributed by atoms with Gasteiger partial charge >= 0.3 is 0 Å². The second-order valence-corrected chi connectivity index (χ2v) is 5.58. The average Bonchev–Trinajstić information content (AvgIpc) is 2.38. The minimum Gasteiger partial charge on any atom is -0.314 e. The van der Waals surface area contributed by atoms with Gasteiger partial charge in [-0.05, 0) is 45.8 Å². The molecule has 0 amide bonds. The van der Waals surface area contributed by atoms with Crippen molar-refractivity contribution in [3.63, 3.8) is 0 Å². The molecule has 1 saturated heterocycles. The number of nitrogens with zero attached hydrogens (tertiary/aromatic N) is 2. The van der Waals surface area contributed by atoms with Gasteiger partial charge in [0.2, 0.25) is 0 Å². The molecular formula is C15H33N3. The van der Waals surface area contributed by atoms with Gasteiger partial charge in [-0.1, -0.05) is 20.8 Å². The highest BCUT2D eigenvalue weighted by Gasteiger charge is 2.21. The van der Waals surface area contributed by atoms with Gasteiger partial charge in [0.25, 0.3) is 0 Å². The summed E-state index contributed by atoms with van der Waals surface area (Å²) in [6, 6.07) is 1.46. The van der Waals surface area contributed by atoms with Crippen LogP contribution in [-0.2, 0) is 0 Å². The highest BCUT2D eigenvalue weighted by Crippen LogP contribution is 2.10. The van der Waals surface area contributed by atoms with Gasteiger partial charge in [-0.15, -0.1) is 0 Å². The van der Waals surface area contributed by atoms with Crippen molar-refractivity contribution in [2.75, 3.05) is 39.3 Å². The fourth-order valence-electron chi connectivity index (χ4n) is 3.04. The van der Waals surface area contributed by atoms with Crippen LogP contribution in [0.4, 0.5) is 0 Å². The zero-order valence-electron chi connectivity index (χ0n) is 12.9. The van der Waals surface area contributed by atoms with Crippen LogP contribution in [0.5, 0.6) is 0 Å². The fourth-order valence-corrected chi connectivity index (χ4v) is 3.04. The summed E-state index contributed by atoms with van der Waals surface area (Å²) in [6.45, 7) is 16.5. The highest BCUT2D eigenvalue weighted by molar-refractivity contribution is 4.78. The quantitative estimate of drug-likeness (QED) is 0.717. The van der Waals surface area contributed by atoms with Crippen LogP contribution in [0.3, 0.4) is 0 Å². The molecule has 2 unspecified atom stereocenters. The van der Waals surface area contributed by atoms with Crippen molar-refractivity contribution in [2.45, 2.75) is 59.0 Å². The van der Waals surface area contributed by atoms with Gasteiger partial charge in [-0.25, -0.2) is 0 Å². The van der Waals surface area contributed by atoms with Crippen molar-refractivity contribution >= 4 is 0 Å². The molecule has 0 aliphatic carbocycles. The molecule has 2 atom stereocenters. The van der Waals surface area contributed by atoms with Gasteiger partial charge in [0, 0.05) is 31.7 Å². The first-order valence-corrected chi connectivity index (χ1v) is 7.90. The summed E-state index contributed by atoms with van der Waals surface area (Å²) in [4.78, 5) is 5.24. The molecule has 0 aromatic carbocycles. The third-order valence-corrected chi connectivity index (χ3v) is 4.27. The molecule has 3 heteroatoms. The molecular weight excluding hydrogens is 222 g/mol. The van der Waals surface area contributed by atoms with E-state index in [2.05, 4.69) is 42.8 Å². The van der Waals surface area contributed by atoms with Crippen molar-refractivity contribution in [1.82, 2.24) is 15.1 Å². The number of nitrogens with one attached hydrogen (secondary N) is 1. The van der Waals surface area contributed by atoms with E-state index >= 15 is 0 Å². The van der Waals surface area contributed by atoms with Crippen LogP contribution in [-0.4, -0.2) is 61.2 Å². The Labute approximate surface area is 114 Å². The van der Waals surface area contributed by atoms with E-state index in [4.69, 9.17) is 0 Å². The molecule has 108 valence electrons. The number of rotatable bonds is 8. The third kappa shape index (κ3) is 5.25. The second kappa shape index (κ2) is 8.89. The maximum Gasteiger partial charge on any atom is 0.0195 e. The summed E-state index contributed by atoms with van der Waals surface area (Å²) < 4.78 is 0. The second-order valence-electron chi connectivity index (χ2n) is 5.58. The fraction of sp³-hybridized carbons (Fsp3) is 1.00. The number of likely N-dealkylation sites (N-methyl/N-ethyl adjacent to an activating group) is 1. The van der Waals surface area contributed by atoms with E-state index in [1.807, 2.05) is 0 Å². The van der Waals surface area contributed by atoms with E-state index in [0.29, 0.717) is 0 Å². The molecule has 1 N–H and O–H groups in total. The lowest BCUT2D eigenvalue weighted by Gasteiger charge is -2.39. The summed E-state index contributed by atoms with van der Waals surface area (Å²) in [5, 5.41) is 3.57. The zero-order valence-corrected chi connectivity index (χ0v) is 12.9. The van der Waals surface area contributed by atoms with E-state index in [-0.39, 0.29) is 0 Å². The molecule has 18 heavy (non-hydrogen) atoms. The van der Waals surface area contributed by atoms with E-state index < -0.39 is 0 Å². The van der Waals surface area contributed by atoms with Gasteiger partial charge in [0.1, 0.15) is 0 Å². The van der Waals surface area contributed by atoms with E-state index in [9.17, 15) is 0 Å². The van der Waals surface area contributed by atoms with Gasteiger partial charge in [0.15, 0.2) is 0 Å². The van der Waals surface area contributed by atoms with Crippen LogP contribution in [0.25, 0.3) is 0 Å². The summed E-state index contributed by atoms with van der Waals surface area (Å²) in [7, 11) is 0. The Morgan fingerprint density at radius 3 is 2.56 bits per heavy atom. The number of hydrogen-bond acceptors (Lipinski definition) is 3. The lowest BCUT2D eigenvalue weighted by molar-refractivity contribution is 0.0864. The maximum absolute atomic E-state index is 3.57. The summed E-state index contributed by atoms with van der Waals surface area (Å²) in [6.07, 6.45) is 3.92. The van der Waals surface area contributed by atoms with Gasteiger partial charge in [0.05, 0.1) is 0 Å². The monoisotopic (exact) mass is 255 g/mol. The Hall–Kier alpha value is -0.120. The lowest BCUT2D eigenvalue weighted by atomic mass is 10.1. The molecule has 0 bridgehead atoms. The first-order chi connectivity index (χ1) is 8.71. The summed E-state index contributed by atoms with van der Waals surface area (Å²) in [5.74, 6) is 0. The molecule has 0 aromatic rings. The normalized spacial score (nSPS) is 24.3. The largest absolute Gasteiger partial charge is 0.314 e. The first kappa shape index (κ1) is 15.9. The predicted molar refractivity (Wildman–Crippen MR) is 80.1 cm³/mol. The van der Waals surface area contributed by atoms with Crippen LogP contribution in [0.2, 0.25) is 0 Å². The third-order valence-electron chi connectivity index (χ3n) is 4.27. The molecule has 3 nitrogen and oxygen atoms in total. The number of piperazine rings is 1. The van der Waals surface area contributed by atoms with Crippen LogP contribution in [0.1, 0.15) is 47.0 Å². The Kier molecular flexibility index (Phi) is 7.87. The SMILES string of the molecule is CCNC(CC)CCCN1CCN(CC)C(C)C1. The zero-order chi connectivity index (χ0) is 13.4. The molecule has 1 fully saturated rings. The van der Waals surface area contributed by atoms with Crippen molar-refractivity contribution in [1.29, 1.82) is 0 Å². The van der Waals surface area contributed by atoms with Crippen molar-refractivity contribution < 1.29 is 0 Å². The summed E-state index contributed by atoms with van der Waals surface area (Å²) >= 11 is 0. The molecule has 0 radical (unpaired) electrons. The van der Waals surface area contributed by atoms with E-state index in [0.717, 1.165) is 18.6 Å². The van der Waals surface area contributed by atoms with Gasteiger partial charge in [-0.3, -0.25) is 4.90 Å². The Morgan fingerprint density at radius 1 is 1.22 bits per heavy atom.